The molecule has 3 heteroatoms. The molecule has 0 spiro atoms. The molecule has 0 aliphatic heterocycles. The van der Waals surface area contributed by atoms with Gasteiger partial charge in [0.15, 0.2) is 0 Å². The number of pyridine rings is 1. The van der Waals surface area contributed by atoms with Crippen LogP contribution in [0.15, 0.2) is 212 Å². The zero-order valence-electron chi connectivity index (χ0n) is 33.5. The topological polar surface area (TPSA) is 22.8 Å². The lowest BCUT2D eigenvalue weighted by Crippen LogP contribution is -1.94. The van der Waals surface area contributed by atoms with Crippen LogP contribution in [0.4, 0.5) is 0 Å². The summed E-state index contributed by atoms with van der Waals surface area (Å²) in [5.74, 6) is 0. The molecular formula is C59H35N3. The summed E-state index contributed by atoms with van der Waals surface area (Å²) in [5.41, 5.74) is 17.8. The van der Waals surface area contributed by atoms with Gasteiger partial charge in [-0.05, 0) is 140 Å². The second-order valence-electron chi connectivity index (χ2n) is 16.8. The fraction of sp³-hybridized carbons (Fsp3) is 0. The predicted molar refractivity (Wildman–Crippen MR) is 261 cm³/mol. The normalized spacial score (nSPS) is 12.2. The van der Waals surface area contributed by atoms with Crippen LogP contribution in [0.5, 0.6) is 0 Å². The van der Waals surface area contributed by atoms with Crippen LogP contribution in [0.3, 0.4) is 0 Å². The lowest BCUT2D eigenvalue weighted by atomic mass is 10.00. The summed E-state index contributed by atoms with van der Waals surface area (Å²) < 4.78 is 4.83. The van der Waals surface area contributed by atoms with Gasteiger partial charge in [0.2, 0.25) is 0 Å². The zero-order chi connectivity index (χ0) is 40.5. The molecule has 0 atom stereocenters. The Morgan fingerprint density at radius 2 is 0.871 bits per heavy atom. The van der Waals surface area contributed by atoms with Gasteiger partial charge >= 0.3 is 0 Å². The van der Waals surface area contributed by atoms with Crippen LogP contribution in [0.1, 0.15) is 0 Å². The first-order valence-electron chi connectivity index (χ1n) is 21.4. The quantitative estimate of drug-likeness (QED) is 0.174. The second kappa shape index (κ2) is 12.6. The van der Waals surface area contributed by atoms with Crippen molar-refractivity contribution in [3.05, 3.63) is 212 Å². The number of aromatic nitrogens is 3. The second-order valence-corrected chi connectivity index (χ2v) is 16.8. The molecule has 0 radical (unpaired) electrons. The molecule has 3 heterocycles. The van der Waals surface area contributed by atoms with E-state index in [2.05, 4.69) is 221 Å². The van der Waals surface area contributed by atoms with Gasteiger partial charge in [-0.3, -0.25) is 0 Å². The first kappa shape index (κ1) is 33.5. The Balaban J connectivity index is 0.881. The number of para-hydroxylation sites is 2. The number of fused-ring (bicyclic) bond motifs is 11. The first-order valence-corrected chi connectivity index (χ1v) is 21.4. The van der Waals surface area contributed by atoms with E-state index in [9.17, 15) is 0 Å². The average Bonchev–Trinajstić information content (AvgIpc) is 3.96. The Morgan fingerprint density at radius 1 is 0.290 bits per heavy atom. The summed E-state index contributed by atoms with van der Waals surface area (Å²) in [7, 11) is 0. The van der Waals surface area contributed by atoms with Crippen molar-refractivity contribution in [2.75, 3.05) is 0 Å². The van der Waals surface area contributed by atoms with Crippen molar-refractivity contribution in [1.29, 1.82) is 0 Å². The third-order valence-electron chi connectivity index (χ3n) is 13.4. The maximum Gasteiger partial charge on any atom is 0.0722 e. The monoisotopic (exact) mass is 785 g/mol. The maximum atomic E-state index is 5.20. The molecule has 0 fully saturated rings. The molecule has 0 bridgehead atoms. The number of hydrogen-bond donors (Lipinski definition) is 0. The summed E-state index contributed by atoms with van der Waals surface area (Å²) in [6.45, 7) is 0. The van der Waals surface area contributed by atoms with Crippen LogP contribution >= 0.6 is 0 Å². The molecule has 0 saturated heterocycles. The lowest BCUT2D eigenvalue weighted by Gasteiger charge is -2.11. The summed E-state index contributed by atoms with van der Waals surface area (Å²) >= 11 is 0. The molecule has 62 heavy (non-hydrogen) atoms. The number of rotatable bonds is 4. The van der Waals surface area contributed by atoms with E-state index in [1.54, 1.807) is 0 Å². The SMILES string of the molecule is c1ccc(-n2c3ccc(-c4ccc5c(c4)c4ccccc4n5-c4ccc5cc(-c6cc7c8c(cccc8n6)-c6ccccc6-7)ccc5c4)cc3c3cc4ccccc4cc32)cc1. The van der Waals surface area contributed by atoms with E-state index in [-0.39, 0.29) is 0 Å². The highest BCUT2D eigenvalue weighted by molar-refractivity contribution is 6.17. The molecule has 3 aromatic heterocycles. The molecule has 1 aliphatic rings. The Bertz CT molecular complexity index is 4040. The maximum absolute atomic E-state index is 5.20. The minimum atomic E-state index is 1.00. The van der Waals surface area contributed by atoms with Gasteiger partial charge < -0.3 is 9.13 Å². The van der Waals surface area contributed by atoms with Crippen molar-refractivity contribution in [3.63, 3.8) is 0 Å². The molecule has 14 rings (SSSR count). The molecule has 0 saturated carbocycles. The van der Waals surface area contributed by atoms with E-state index in [0.29, 0.717) is 0 Å². The third kappa shape index (κ3) is 4.79. The van der Waals surface area contributed by atoms with Crippen molar-refractivity contribution < 1.29 is 0 Å². The van der Waals surface area contributed by atoms with Crippen LogP contribution in [-0.4, -0.2) is 14.1 Å². The largest absolute Gasteiger partial charge is 0.309 e. The Labute approximate surface area is 357 Å². The molecule has 286 valence electrons. The van der Waals surface area contributed by atoms with Gasteiger partial charge in [-0.25, -0.2) is 4.98 Å². The minimum Gasteiger partial charge on any atom is -0.309 e. The zero-order valence-corrected chi connectivity index (χ0v) is 33.5. The van der Waals surface area contributed by atoms with Crippen LogP contribution in [0.2, 0.25) is 0 Å². The molecule has 13 aromatic rings. The lowest BCUT2D eigenvalue weighted by molar-refractivity contribution is 1.18. The van der Waals surface area contributed by atoms with Crippen LogP contribution in [-0.2, 0) is 0 Å². The van der Waals surface area contributed by atoms with Crippen molar-refractivity contribution >= 4 is 76.1 Å². The van der Waals surface area contributed by atoms with Crippen LogP contribution < -0.4 is 0 Å². The fourth-order valence-corrected chi connectivity index (χ4v) is 10.5. The van der Waals surface area contributed by atoms with E-state index < -0.39 is 0 Å². The van der Waals surface area contributed by atoms with Crippen molar-refractivity contribution in [2.24, 2.45) is 0 Å². The van der Waals surface area contributed by atoms with Gasteiger partial charge in [-0.1, -0.05) is 127 Å². The predicted octanol–water partition coefficient (Wildman–Crippen LogP) is 15.7. The molecule has 3 nitrogen and oxygen atoms in total. The smallest absolute Gasteiger partial charge is 0.0722 e. The van der Waals surface area contributed by atoms with Crippen molar-refractivity contribution in [3.8, 4) is 56.0 Å². The molecule has 0 amide bonds. The third-order valence-corrected chi connectivity index (χ3v) is 13.4. The summed E-state index contributed by atoms with van der Waals surface area (Å²) in [4.78, 5) is 5.20. The van der Waals surface area contributed by atoms with Gasteiger partial charge in [0, 0.05) is 43.9 Å². The molecule has 1 aliphatic carbocycles. The Morgan fingerprint density at radius 3 is 1.69 bits per heavy atom. The number of benzene rings is 10. The average molecular weight is 786 g/mol. The Hall–Kier alpha value is -8.27. The highest BCUT2D eigenvalue weighted by atomic mass is 15.0. The summed E-state index contributed by atoms with van der Waals surface area (Å²) in [6.07, 6.45) is 0. The van der Waals surface area contributed by atoms with E-state index in [0.717, 1.165) is 22.5 Å². The number of hydrogen-bond acceptors (Lipinski definition) is 1. The van der Waals surface area contributed by atoms with Gasteiger partial charge in [0.05, 0.1) is 33.3 Å². The van der Waals surface area contributed by atoms with E-state index in [4.69, 9.17) is 4.98 Å². The van der Waals surface area contributed by atoms with Crippen molar-refractivity contribution in [1.82, 2.24) is 14.1 Å². The molecular weight excluding hydrogens is 751 g/mol. The molecule has 10 aromatic carbocycles. The fourth-order valence-electron chi connectivity index (χ4n) is 10.5. The standard InChI is InChI=1S/C59H35N3/c1-2-13-43(14-3-1)61-57-28-25-41(33-50(57)51-31-36-11-4-5-12-37(36)34-58(51)61)40-24-27-56-49(32-40)47-17-8-9-20-55(47)62(56)44-26-23-38-29-42(22-21-39(38)30-44)54-35-52-46-16-7-6-15-45(46)48-18-10-19-53(60-54)59(48)52/h1-35H. The first-order chi connectivity index (χ1) is 30.7. The van der Waals surface area contributed by atoms with Gasteiger partial charge in [-0.15, -0.1) is 0 Å². The van der Waals surface area contributed by atoms with E-state index in [1.807, 2.05) is 0 Å². The van der Waals surface area contributed by atoms with E-state index >= 15 is 0 Å². The molecule has 0 N–H and O–H groups in total. The van der Waals surface area contributed by atoms with Crippen molar-refractivity contribution in [2.45, 2.75) is 0 Å². The van der Waals surface area contributed by atoms with Gasteiger partial charge in [0.25, 0.3) is 0 Å². The Kier molecular flexibility index (Phi) is 6.83. The minimum absolute atomic E-state index is 1.00. The highest BCUT2D eigenvalue weighted by Crippen LogP contribution is 2.48. The van der Waals surface area contributed by atoms with Gasteiger partial charge in [0.1, 0.15) is 0 Å². The highest BCUT2D eigenvalue weighted by Gasteiger charge is 2.23. The van der Waals surface area contributed by atoms with Crippen LogP contribution in [0.25, 0.3) is 132 Å². The summed E-state index contributed by atoms with van der Waals surface area (Å²) in [6, 6.07) is 78.0. The van der Waals surface area contributed by atoms with E-state index in [1.165, 1.54) is 110 Å². The molecule has 0 unspecified atom stereocenters. The van der Waals surface area contributed by atoms with Gasteiger partial charge in [-0.2, -0.15) is 0 Å². The summed E-state index contributed by atoms with van der Waals surface area (Å²) in [5, 5.41) is 11.1. The number of nitrogens with zero attached hydrogens (tertiary/aromatic N) is 3. The van der Waals surface area contributed by atoms with Crippen LogP contribution in [0, 0.1) is 0 Å².